The molecule has 0 bridgehead atoms. The molecule has 0 aromatic heterocycles. The topological polar surface area (TPSA) is 29.5 Å². The van der Waals surface area contributed by atoms with E-state index in [9.17, 15) is 5.11 Å². The Morgan fingerprint density at radius 1 is 1.15 bits per heavy atom. The predicted molar refractivity (Wildman–Crippen MR) is 85.3 cm³/mol. The first-order chi connectivity index (χ1) is 9.51. The number of halogens is 1. The number of methoxy groups -OCH3 is 1. The molecule has 2 rings (SSSR count). The monoisotopic (exact) mass is 334 g/mol. The zero-order valence-corrected chi connectivity index (χ0v) is 13.6. The molecule has 3 heteroatoms. The van der Waals surface area contributed by atoms with Crippen LogP contribution in [0.5, 0.6) is 5.75 Å². The highest BCUT2D eigenvalue weighted by Crippen LogP contribution is 2.29. The number of aliphatic hydroxyl groups excluding tert-OH is 1. The molecule has 0 saturated carbocycles. The summed E-state index contributed by atoms with van der Waals surface area (Å²) in [4.78, 5) is 0. The van der Waals surface area contributed by atoms with Crippen molar-refractivity contribution >= 4 is 15.9 Å². The molecule has 1 unspecified atom stereocenters. The van der Waals surface area contributed by atoms with Gasteiger partial charge in [-0.1, -0.05) is 39.7 Å². The van der Waals surface area contributed by atoms with E-state index in [1.165, 1.54) is 0 Å². The van der Waals surface area contributed by atoms with Crippen LogP contribution in [0.4, 0.5) is 0 Å². The van der Waals surface area contributed by atoms with Gasteiger partial charge in [-0.05, 0) is 48.7 Å². The maximum atomic E-state index is 10.5. The van der Waals surface area contributed by atoms with E-state index in [2.05, 4.69) is 22.0 Å². The number of hydrogen-bond acceptors (Lipinski definition) is 2. The Balaban J connectivity index is 2.29. The summed E-state index contributed by atoms with van der Waals surface area (Å²) in [7, 11) is 1.65. The average Bonchev–Trinajstić information content (AvgIpc) is 2.41. The van der Waals surface area contributed by atoms with Gasteiger partial charge in [-0.15, -0.1) is 0 Å². The molecule has 0 radical (unpaired) electrons. The van der Waals surface area contributed by atoms with Crippen LogP contribution in [0, 0.1) is 13.8 Å². The number of rotatable bonds is 4. The Kier molecular flexibility index (Phi) is 4.84. The number of hydrogen-bond donors (Lipinski definition) is 1. The van der Waals surface area contributed by atoms with Gasteiger partial charge in [0.1, 0.15) is 5.75 Å². The molecule has 20 heavy (non-hydrogen) atoms. The largest absolute Gasteiger partial charge is 0.496 e. The van der Waals surface area contributed by atoms with Gasteiger partial charge in [-0.3, -0.25) is 0 Å². The van der Waals surface area contributed by atoms with Crippen LogP contribution in [0.15, 0.2) is 40.9 Å². The molecule has 0 aliphatic rings. The lowest BCUT2D eigenvalue weighted by Gasteiger charge is -2.16. The van der Waals surface area contributed by atoms with E-state index in [0.717, 1.165) is 32.5 Å². The summed E-state index contributed by atoms with van der Waals surface area (Å²) < 4.78 is 6.35. The molecule has 0 heterocycles. The quantitative estimate of drug-likeness (QED) is 0.900. The molecule has 0 spiro atoms. The number of benzene rings is 2. The highest BCUT2D eigenvalue weighted by molar-refractivity contribution is 9.10. The molecule has 1 atom stereocenters. The van der Waals surface area contributed by atoms with Gasteiger partial charge in [0, 0.05) is 10.9 Å². The molecule has 0 aliphatic carbocycles. The Morgan fingerprint density at radius 3 is 2.60 bits per heavy atom. The normalized spacial score (nSPS) is 12.2. The standard InChI is InChI=1S/C17H19BrO2/c1-11-4-5-12(2)15(8-11)16(19)10-13-9-14(18)6-7-17(13)20-3/h4-9,16,19H,10H2,1-3H3. The number of ether oxygens (including phenoxy) is 1. The van der Waals surface area contributed by atoms with Crippen LogP contribution in [0.25, 0.3) is 0 Å². The van der Waals surface area contributed by atoms with Crippen molar-refractivity contribution in [3.05, 3.63) is 63.1 Å². The van der Waals surface area contributed by atoms with Crippen LogP contribution in [0.1, 0.15) is 28.4 Å². The van der Waals surface area contributed by atoms with Gasteiger partial charge in [0.2, 0.25) is 0 Å². The molecule has 1 N–H and O–H groups in total. The Bertz CT molecular complexity index is 608. The first-order valence-electron chi connectivity index (χ1n) is 6.59. The van der Waals surface area contributed by atoms with Crippen molar-refractivity contribution in [2.45, 2.75) is 26.4 Å². The zero-order chi connectivity index (χ0) is 14.7. The fourth-order valence-corrected chi connectivity index (χ4v) is 2.75. The first-order valence-corrected chi connectivity index (χ1v) is 7.38. The van der Waals surface area contributed by atoms with E-state index in [0.29, 0.717) is 6.42 Å². The molecule has 0 fully saturated rings. The lowest BCUT2D eigenvalue weighted by atomic mass is 9.96. The molecule has 106 valence electrons. The van der Waals surface area contributed by atoms with Gasteiger partial charge in [-0.2, -0.15) is 0 Å². The van der Waals surface area contributed by atoms with Crippen molar-refractivity contribution in [3.8, 4) is 5.75 Å². The van der Waals surface area contributed by atoms with E-state index in [-0.39, 0.29) is 0 Å². The second kappa shape index (κ2) is 6.42. The minimum atomic E-state index is -0.530. The van der Waals surface area contributed by atoms with E-state index in [4.69, 9.17) is 4.74 Å². The van der Waals surface area contributed by atoms with Gasteiger partial charge in [-0.25, -0.2) is 0 Å². The van der Waals surface area contributed by atoms with Crippen molar-refractivity contribution in [3.63, 3.8) is 0 Å². The predicted octanol–water partition coefficient (Wildman–Crippen LogP) is 4.35. The second-order valence-corrected chi connectivity index (χ2v) is 5.95. The Labute approximate surface area is 128 Å². The minimum absolute atomic E-state index is 0.530. The lowest BCUT2D eigenvalue weighted by molar-refractivity contribution is 0.176. The van der Waals surface area contributed by atoms with Crippen molar-refractivity contribution in [1.82, 2.24) is 0 Å². The van der Waals surface area contributed by atoms with Gasteiger partial charge < -0.3 is 9.84 Å². The zero-order valence-electron chi connectivity index (χ0n) is 12.0. The fourth-order valence-electron chi connectivity index (χ4n) is 2.34. The molecule has 0 amide bonds. The second-order valence-electron chi connectivity index (χ2n) is 5.04. The van der Waals surface area contributed by atoms with Crippen LogP contribution in [0.2, 0.25) is 0 Å². The molecule has 2 nitrogen and oxygen atoms in total. The SMILES string of the molecule is COc1ccc(Br)cc1CC(O)c1cc(C)ccc1C. The molecule has 2 aromatic carbocycles. The lowest BCUT2D eigenvalue weighted by Crippen LogP contribution is -2.05. The smallest absolute Gasteiger partial charge is 0.122 e. The Morgan fingerprint density at radius 2 is 1.90 bits per heavy atom. The number of aryl methyl sites for hydroxylation is 2. The van der Waals surface area contributed by atoms with Crippen molar-refractivity contribution in [2.24, 2.45) is 0 Å². The highest BCUT2D eigenvalue weighted by Gasteiger charge is 2.14. The first kappa shape index (κ1) is 15.1. The third-order valence-electron chi connectivity index (χ3n) is 3.45. The van der Waals surface area contributed by atoms with Crippen molar-refractivity contribution in [1.29, 1.82) is 0 Å². The van der Waals surface area contributed by atoms with Gasteiger partial charge in [0.25, 0.3) is 0 Å². The summed E-state index contributed by atoms with van der Waals surface area (Å²) in [5, 5.41) is 10.5. The third kappa shape index (κ3) is 3.41. The van der Waals surface area contributed by atoms with E-state index in [1.54, 1.807) is 7.11 Å². The van der Waals surface area contributed by atoms with Gasteiger partial charge in [0.05, 0.1) is 13.2 Å². The van der Waals surface area contributed by atoms with Crippen molar-refractivity contribution < 1.29 is 9.84 Å². The van der Waals surface area contributed by atoms with E-state index < -0.39 is 6.10 Å². The van der Waals surface area contributed by atoms with Gasteiger partial charge in [0.15, 0.2) is 0 Å². The molecule has 0 saturated heterocycles. The van der Waals surface area contributed by atoms with Crippen LogP contribution in [-0.4, -0.2) is 12.2 Å². The highest BCUT2D eigenvalue weighted by atomic mass is 79.9. The van der Waals surface area contributed by atoms with Crippen LogP contribution < -0.4 is 4.74 Å². The maximum absolute atomic E-state index is 10.5. The summed E-state index contributed by atoms with van der Waals surface area (Å²) in [6, 6.07) is 12.0. The van der Waals surface area contributed by atoms with Crippen LogP contribution >= 0.6 is 15.9 Å². The summed E-state index contributed by atoms with van der Waals surface area (Å²) in [5.41, 5.74) is 4.24. The van der Waals surface area contributed by atoms with Crippen molar-refractivity contribution in [2.75, 3.05) is 7.11 Å². The minimum Gasteiger partial charge on any atom is -0.496 e. The van der Waals surface area contributed by atoms with Crippen LogP contribution in [-0.2, 0) is 6.42 Å². The van der Waals surface area contributed by atoms with E-state index in [1.807, 2.05) is 44.2 Å². The summed E-state index contributed by atoms with van der Waals surface area (Å²) in [6.45, 7) is 4.06. The molecule has 0 aliphatic heterocycles. The average molecular weight is 335 g/mol. The van der Waals surface area contributed by atoms with E-state index >= 15 is 0 Å². The summed E-state index contributed by atoms with van der Waals surface area (Å²) in [6.07, 6.45) is 0.00509. The fraction of sp³-hybridized carbons (Fsp3) is 0.294. The summed E-state index contributed by atoms with van der Waals surface area (Å²) in [5.74, 6) is 0.803. The summed E-state index contributed by atoms with van der Waals surface area (Å²) >= 11 is 3.46. The van der Waals surface area contributed by atoms with Crippen LogP contribution in [0.3, 0.4) is 0 Å². The number of aliphatic hydroxyl groups is 1. The molecule has 2 aromatic rings. The Hall–Kier alpha value is -1.32. The van der Waals surface area contributed by atoms with Gasteiger partial charge >= 0.3 is 0 Å². The molecular formula is C17H19BrO2. The maximum Gasteiger partial charge on any atom is 0.122 e. The molecular weight excluding hydrogens is 316 g/mol. The third-order valence-corrected chi connectivity index (χ3v) is 3.94.